The summed E-state index contributed by atoms with van der Waals surface area (Å²) in [6.45, 7) is 4.10. The molecule has 3 aromatic rings. The van der Waals surface area contributed by atoms with Crippen LogP contribution in [0.25, 0.3) is 22.0 Å². The zero-order valence-electron chi connectivity index (χ0n) is 17.7. The lowest BCUT2D eigenvalue weighted by molar-refractivity contribution is -0.123. The molecule has 2 heterocycles. The number of nitrogens with two attached hydrogens (primary N) is 1. The van der Waals surface area contributed by atoms with Gasteiger partial charge in [-0.3, -0.25) is 14.7 Å². The van der Waals surface area contributed by atoms with Crippen LogP contribution in [0, 0.1) is 5.92 Å². The molecule has 31 heavy (non-hydrogen) atoms. The van der Waals surface area contributed by atoms with Crippen molar-refractivity contribution in [3.63, 3.8) is 0 Å². The van der Waals surface area contributed by atoms with Crippen LogP contribution in [0.2, 0.25) is 0 Å². The van der Waals surface area contributed by atoms with E-state index in [0.717, 1.165) is 48.0 Å². The second kappa shape index (κ2) is 9.27. The van der Waals surface area contributed by atoms with E-state index in [1.165, 1.54) is 0 Å². The van der Waals surface area contributed by atoms with Crippen molar-refractivity contribution in [2.24, 2.45) is 11.7 Å². The van der Waals surface area contributed by atoms with Gasteiger partial charge in [-0.25, -0.2) is 4.79 Å². The summed E-state index contributed by atoms with van der Waals surface area (Å²) >= 11 is 0. The Hall–Kier alpha value is -3.25. The molecule has 0 unspecified atom stereocenters. The number of hydrogen-bond donors (Lipinski definition) is 1. The fourth-order valence-corrected chi connectivity index (χ4v) is 4.29. The van der Waals surface area contributed by atoms with E-state index in [1.807, 2.05) is 61.5 Å². The van der Waals surface area contributed by atoms with Gasteiger partial charge in [0.25, 0.3) is 0 Å². The van der Waals surface area contributed by atoms with Crippen LogP contribution in [-0.2, 0) is 16.1 Å². The number of hydrogen-bond acceptors (Lipinski definition) is 5. The number of fused-ring (bicyclic) bond motifs is 1. The average Bonchev–Trinajstić information content (AvgIpc) is 2.79. The van der Waals surface area contributed by atoms with Crippen molar-refractivity contribution in [3.8, 4) is 11.1 Å². The summed E-state index contributed by atoms with van der Waals surface area (Å²) in [6.07, 6.45) is 1.45. The second-order valence-electron chi connectivity index (χ2n) is 7.86. The van der Waals surface area contributed by atoms with Gasteiger partial charge >= 0.3 is 5.97 Å². The van der Waals surface area contributed by atoms with Gasteiger partial charge < -0.3 is 10.5 Å². The Morgan fingerprint density at radius 3 is 2.42 bits per heavy atom. The smallest absolute Gasteiger partial charge is 0.340 e. The maximum atomic E-state index is 13.1. The van der Waals surface area contributed by atoms with Crippen molar-refractivity contribution in [1.82, 2.24) is 9.88 Å². The number of para-hydroxylation sites is 1. The molecule has 0 bridgehead atoms. The number of esters is 1. The van der Waals surface area contributed by atoms with Gasteiger partial charge in [0.1, 0.15) is 0 Å². The van der Waals surface area contributed by atoms with Crippen molar-refractivity contribution in [2.45, 2.75) is 26.3 Å². The third-order valence-electron chi connectivity index (χ3n) is 5.87. The van der Waals surface area contributed by atoms with Crippen molar-refractivity contribution in [2.75, 3.05) is 19.7 Å². The molecule has 0 radical (unpaired) electrons. The number of pyridine rings is 1. The highest BCUT2D eigenvalue weighted by Gasteiger charge is 2.27. The molecule has 1 amide bonds. The SMILES string of the molecule is CCOC(=O)c1c(CN2CCC(C(N)=O)CC2)nc2ccccc2c1-c1ccccc1. The monoisotopic (exact) mass is 417 g/mol. The number of likely N-dealkylation sites (tertiary alicyclic amines) is 1. The molecule has 1 saturated heterocycles. The fraction of sp³-hybridized carbons (Fsp3) is 0.320. The molecule has 1 aliphatic rings. The van der Waals surface area contributed by atoms with Gasteiger partial charge in [-0.05, 0) is 44.5 Å². The first-order valence-corrected chi connectivity index (χ1v) is 10.7. The number of carbonyl (C=O) groups excluding carboxylic acids is 2. The number of primary amides is 1. The number of piperidine rings is 1. The first-order valence-electron chi connectivity index (χ1n) is 10.7. The van der Waals surface area contributed by atoms with E-state index in [-0.39, 0.29) is 17.8 Å². The van der Waals surface area contributed by atoms with Crippen LogP contribution in [-0.4, -0.2) is 41.5 Å². The normalized spacial score (nSPS) is 15.1. The molecule has 0 saturated carbocycles. The molecule has 2 aromatic carbocycles. The number of rotatable bonds is 6. The summed E-state index contributed by atoms with van der Waals surface area (Å²) in [5.74, 6) is -0.672. The van der Waals surface area contributed by atoms with Gasteiger partial charge in [0.2, 0.25) is 5.91 Å². The Morgan fingerprint density at radius 1 is 1.06 bits per heavy atom. The molecular weight excluding hydrogens is 390 g/mol. The molecule has 0 spiro atoms. The standard InChI is InChI=1S/C25H27N3O3/c1-2-31-25(30)23-21(16-28-14-12-18(13-15-28)24(26)29)27-20-11-7-6-10-19(20)22(23)17-8-4-3-5-9-17/h3-11,18H,2,12-16H2,1H3,(H2,26,29). The molecule has 6 heteroatoms. The molecule has 1 fully saturated rings. The Labute approximate surface area is 182 Å². The van der Waals surface area contributed by atoms with Crippen LogP contribution >= 0.6 is 0 Å². The number of aromatic nitrogens is 1. The average molecular weight is 418 g/mol. The van der Waals surface area contributed by atoms with E-state index >= 15 is 0 Å². The summed E-state index contributed by atoms with van der Waals surface area (Å²) in [7, 11) is 0. The lowest BCUT2D eigenvalue weighted by atomic mass is 9.93. The lowest BCUT2D eigenvalue weighted by Crippen LogP contribution is -2.38. The molecular formula is C25H27N3O3. The molecule has 0 atom stereocenters. The maximum absolute atomic E-state index is 13.1. The second-order valence-corrected chi connectivity index (χ2v) is 7.86. The Morgan fingerprint density at radius 2 is 1.74 bits per heavy atom. The van der Waals surface area contributed by atoms with E-state index < -0.39 is 0 Å². The molecule has 0 aliphatic carbocycles. The lowest BCUT2D eigenvalue weighted by Gasteiger charge is -2.31. The predicted molar refractivity (Wildman–Crippen MR) is 120 cm³/mol. The van der Waals surface area contributed by atoms with Gasteiger partial charge in [0.15, 0.2) is 0 Å². The predicted octanol–water partition coefficient (Wildman–Crippen LogP) is 3.78. The minimum Gasteiger partial charge on any atom is -0.462 e. The summed E-state index contributed by atoms with van der Waals surface area (Å²) in [5.41, 5.74) is 9.35. The molecule has 1 aromatic heterocycles. The first kappa shape index (κ1) is 21.0. The molecule has 4 rings (SSSR count). The summed E-state index contributed by atoms with van der Waals surface area (Å²) in [4.78, 5) is 31.8. The van der Waals surface area contributed by atoms with Crippen molar-refractivity contribution in [1.29, 1.82) is 0 Å². The molecule has 1 aliphatic heterocycles. The zero-order chi connectivity index (χ0) is 21.8. The minimum atomic E-state index is -0.360. The highest BCUT2D eigenvalue weighted by molar-refractivity contribution is 6.07. The number of ether oxygens (including phenoxy) is 1. The van der Waals surface area contributed by atoms with Gasteiger partial charge in [0, 0.05) is 23.4 Å². The Kier molecular flexibility index (Phi) is 6.28. The third kappa shape index (κ3) is 4.44. The van der Waals surface area contributed by atoms with Crippen molar-refractivity contribution < 1.29 is 14.3 Å². The number of amides is 1. The number of carbonyl (C=O) groups is 2. The minimum absolute atomic E-state index is 0.0785. The molecule has 2 N–H and O–H groups in total. The Bertz CT molecular complexity index is 1090. The topological polar surface area (TPSA) is 85.5 Å². The third-order valence-corrected chi connectivity index (χ3v) is 5.87. The number of nitrogens with zero attached hydrogens (tertiary/aromatic N) is 2. The van der Waals surface area contributed by atoms with E-state index in [1.54, 1.807) is 0 Å². The maximum Gasteiger partial charge on any atom is 0.340 e. The van der Waals surface area contributed by atoms with Crippen LogP contribution < -0.4 is 5.73 Å². The highest BCUT2D eigenvalue weighted by Crippen LogP contribution is 2.34. The van der Waals surface area contributed by atoms with Crippen molar-refractivity contribution >= 4 is 22.8 Å². The summed E-state index contributed by atoms with van der Waals surface area (Å²) in [5, 5.41) is 0.924. The van der Waals surface area contributed by atoms with E-state index in [9.17, 15) is 9.59 Å². The van der Waals surface area contributed by atoms with Gasteiger partial charge in [0.05, 0.1) is 23.4 Å². The van der Waals surface area contributed by atoms with Gasteiger partial charge in [-0.1, -0.05) is 48.5 Å². The molecule has 160 valence electrons. The van der Waals surface area contributed by atoms with E-state index in [4.69, 9.17) is 15.5 Å². The summed E-state index contributed by atoms with van der Waals surface area (Å²) in [6, 6.07) is 17.8. The quantitative estimate of drug-likeness (QED) is 0.617. The zero-order valence-corrected chi connectivity index (χ0v) is 17.7. The largest absolute Gasteiger partial charge is 0.462 e. The summed E-state index contributed by atoms with van der Waals surface area (Å²) < 4.78 is 5.46. The molecule has 6 nitrogen and oxygen atoms in total. The van der Waals surface area contributed by atoms with Crippen LogP contribution in [0.15, 0.2) is 54.6 Å². The first-order chi connectivity index (χ1) is 15.1. The highest BCUT2D eigenvalue weighted by atomic mass is 16.5. The van der Waals surface area contributed by atoms with E-state index in [2.05, 4.69) is 4.90 Å². The van der Waals surface area contributed by atoms with E-state index in [0.29, 0.717) is 24.4 Å². The van der Waals surface area contributed by atoms with Gasteiger partial charge in [-0.2, -0.15) is 0 Å². The van der Waals surface area contributed by atoms with Crippen molar-refractivity contribution in [3.05, 3.63) is 65.9 Å². The van der Waals surface area contributed by atoms with Crippen LogP contribution in [0.1, 0.15) is 35.8 Å². The van der Waals surface area contributed by atoms with Gasteiger partial charge in [-0.15, -0.1) is 0 Å². The fourth-order valence-electron chi connectivity index (χ4n) is 4.29. The number of benzene rings is 2. The van der Waals surface area contributed by atoms with Crippen LogP contribution in [0.4, 0.5) is 0 Å². The van der Waals surface area contributed by atoms with Crippen LogP contribution in [0.3, 0.4) is 0 Å². The van der Waals surface area contributed by atoms with Crippen LogP contribution in [0.5, 0.6) is 0 Å². The Balaban J connectivity index is 1.82.